The van der Waals surface area contributed by atoms with E-state index in [1.54, 1.807) is 24.3 Å². The van der Waals surface area contributed by atoms with Gasteiger partial charge in [-0.05, 0) is 81.0 Å². The Morgan fingerprint density at radius 3 is 2.73 bits per heavy atom. The van der Waals surface area contributed by atoms with Crippen molar-refractivity contribution in [2.45, 2.75) is 58.7 Å². The minimum atomic E-state index is -0.788. The summed E-state index contributed by atoms with van der Waals surface area (Å²) in [5, 5.41) is 12.4. The van der Waals surface area contributed by atoms with Gasteiger partial charge < -0.3 is 25.4 Å². The molecule has 2 aromatic heterocycles. The van der Waals surface area contributed by atoms with Gasteiger partial charge in [-0.1, -0.05) is 12.1 Å². The van der Waals surface area contributed by atoms with Gasteiger partial charge in [-0.2, -0.15) is 5.10 Å². The van der Waals surface area contributed by atoms with Crippen molar-refractivity contribution in [1.82, 2.24) is 25.2 Å². The van der Waals surface area contributed by atoms with Gasteiger partial charge in [0.25, 0.3) is 17.7 Å². The van der Waals surface area contributed by atoms with Crippen LogP contribution in [0.1, 0.15) is 86.8 Å². The first-order chi connectivity index (χ1) is 21.4. The van der Waals surface area contributed by atoms with Gasteiger partial charge in [0.2, 0.25) is 0 Å². The van der Waals surface area contributed by atoms with Gasteiger partial charge in [-0.3, -0.25) is 14.4 Å². The molecule has 0 unspecified atom stereocenters. The van der Waals surface area contributed by atoms with Gasteiger partial charge in [-0.15, -0.1) is 0 Å². The first-order valence-electron chi connectivity index (χ1n) is 14.4. The van der Waals surface area contributed by atoms with Crippen LogP contribution in [0.25, 0.3) is 5.65 Å². The number of rotatable bonds is 6. The van der Waals surface area contributed by atoms with Crippen LogP contribution in [-0.4, -0.2) is 50.5 Å². The maximum Gasteiger partial charge on any atom is 0.338 e. The standard InChI is InChI=1S/C32H31FN6O6/c1-16-18-8-10-22(20(18)7-6-19(16)31(43)45-32(2,3)4)38-30(42)25-12-24(37-28-21(33)14-35-39(25)28)29(41)34-13-17-5-9-23-26(11-17)44-15-27(40)36-23/h5-7,9,11-12,14,22H,8,10,13,15H2,1-4H3,(H,34,41)(H,36,40)(H,38,42)/t22-/m0/s1. The molecule has 3 N–H and O–H groups in total. The number of fused-ring (bicyclic) bond motifs is 3. The highest BCUT2D eigenvalue weighted by atomic mass is 19.1. The number of benzene rings is 2. The summed E-state index contributed by atoms with van der Waals surface area (Å²) in [5.74, 6) is -2.17. The molecule has 0 radical (unpaired) electrons. The van der Waals surface area contributed by atoms with E-state index in [1.165, 1.54) is 6.07 Å². The zero-order valence-corrected chi connectivity index (χ0v) is 25.1. The lowest BCUT2D eigenvalue weighted by Gasteiger charge is -2.21. The molecule has 45 heavy (non-hydrogen) atoms. The molecule has 3 amide bonds. The molecule has 4 aromatic rings. The second-order valence-corrected chi connectivity index (χ2v) is 12.0. The van der Waals surface area contributed by atoms with Gasteiger partial charge in [-0.25, -0.2) is 18.7 Å². The number of hydrogen-bond donors (Lipinski definition) is 3. The van der Waals surface area contributed by atoms with E-state index in [2.05, 4.69) is 26.0 Å². The summed E-state index contributed by atoms with van der Waals surface area (Å²) in [4.78, 5) is 55.1. The van der Waals surface area contributed by atoms with E-state index >= 15 is 0 Å². The van der Waals surface area contributed by atoms with Crippen LogP contribution in [0.15, 0.2) is 42.6 Å². The SMILES string of the molecule is Cc1c(C(=O)OC(C)(C)C)ccc2c1CC[C@@H]2NC(=O)c1cc(C(=O)NCc2ccc3c(c2)OCC(=O)N3)nc2c(F)cnn12. The van der Waals surface area contributed by atoms with Gasteiger partial charge in [0.15, 0.2) is 18.1 Å². The number of hydrogen-bond acceptors (Lipinski definition) is 8. The molecular formula is C32H31FN6O6. The molecule has 0 bridgehead atoms. The van der Waals surface area contributed by atoms with Gasteiger partial charge >= 0.3 is 5.97 Å². The molecule has 0 spiro atoms. The van der Waals surface area contributed by atoms with Crippen molar-refractivity contribution in [3.63, 3.8) is 0 Å². The smallest absolute Gasteiger partial charge is 0.338 e. The summed E-state index contributed by atoms with van der Waals surface area (Å²) in [7, 11) is 0. The number of halogens is 1. The summed E-state index contributed by atoms with van der Waals surface area (Å²) in [6.45, 7) is 7.27. The average Bonchev–Trinajstić information content (AvgIpc) is 3.58. The Kier molecular flexibility index (Phi) is 7.47. The molecule has 0 saturated heterocycles. The molecule has 1 atom stereocenters. The minimum Gasteiger partial charge on any atom is -0.482 e. The van der Waals surface area contributed by atoms with Crippen molar-refractivity contribution in [2.24, 2.45) is 0 Å². The van der Waals surface area contributed by atoms with Gasteiger partial charge in [0.1, 0.15) is 22.7 Å². The first kappa shape index (κ1) is 29.7. The number of anilines is 1. The molecule has 3 heterocycles. The van der Waals surface area contributed by atoms with E-state index in [0.717, 1.165) is 27.4 Å². The number of amides is 3. The molecule has 13 heteroatoms. The maximum atomic E-state index is 14.6. The Bertz CT molecular complexity index is 1900. The van der Waals surface area contributed by atoms with Gasteiger partial charge in [0, 0.05) is 12.6 Å². The lowest BCUT2D eigenvalue weighted by Crippen LogP contribution is -2.31. The third-order valence-electron chi connectivity index (χ3n) is 7.64. The summed E-state index contributed by atoms with van der Waals surface area (Å²) in [5.41, 5.74) is 3.20. The van der Waals surface area contributed by atoms with E-state index in [9.17, 15) is 23.6 Å². The third kappa shape index (κ3) is 5.93. The molecule has 12 nitrogen and oxygen atoms in total. The van der Waals surface area contributed by atoms with Crippen LogP contribution in [0.5, 0.6) is 5.75 Å². The quantitative estimate of drug-likeness (QED) is 0.277. The fourth-order valence-electron chi connectivity index (χ4n) is 5.53. The highest BCUT2D eigenvalue weighted by Crippen LogP contribution is 2.35. The highest BCUT2D eigenvalue weighted by Gasteiger charge is 2.30. The molecular weight excluding hydrogens is 583 g/mol. The fourth-order valence-corrected chi connectivity index (χ4v) is 5.53. The van der Waals surface area contributed by atoms with Crippen molar-refractivity contribution in [1.29, 1.82) is 0 Å². The van der Waals surface area contributed by atoms with Crippen LogP contribution in [0.3, 0.4) is 0 Å². The zero-order chi connectivity index (χ0) is 32.0. The van der Waals surface area contributed by atoms with Crippen molar-refractivity contribution >= 4 is 35.0 Å². The number of esters is 1. The fraction of sp³-hybridized carbons (Fsp3) is 0.312. The number of nitrogens with one attached hydrogen (secondary N) is 3. The van der Waals surface area contributed by atoms with E-state index in [-0.39, 0.29) is 42.1 Å². The molecule has 0 fully saturated rings. The maximum absolute atomic E-state index is 14.6. The normalized spacial score (nSPS) is 15.5. The average molecular weight is 615 g/mol. The molecule has 232 valence electrons. The number of carbonyl (C=O) groups excluding carboxylic acids is 4. The Morgan fingerprint density at radius 1 is 1.16 bits per heavy atom. The van der Waals surface area contributed by atoms with Crippen molar-refractivity contribution in [3.8, 4) is 5.75 Å². The predicted molar refractivity (Wildman–Crippen MR) is 160 cm³/mol. The van der Waals surface area contributed by atoms with Crippen molar-refractivity contribution in [2.75, 3.05) is 11.9 Å². The lowest BCUT2D eigenvalue weighted by atomic mass is 9.97. The molecule has 2 aliphatic rings. The Morgan fingerprint density at radius 2 is 1.96 bits per heavy atom. The van der Waals surface area contributed by atoms with E-state index in [0.29, 0.717) is 35.4 Å². The van der Waals surface area contributed by atoms with Crippen molar-refractivity contribution in [3.05, 3.63) is 87.6 Å². The first-order valence-corrected chi connectivity index (χ1v) is 14.4. The third-order valence-corrected chi connectivity index (χ3v) is 7.64. The molecule has 1 aliphatic carbocycles. The number of nitrogens with zero attached hydrogens (tertiary/aromatic N) is 3. The summed E-state index contributed by atoms with van der Waals surface area (Å²) >= 11 is 0. The van der Waals surface area contributed by atoms with E-state index < -0.39 is 29.2 Å². The minimum absolute atomic E-state index is 0.0671. The number of aromatic nitrogens is 3. The van der Waals surface area contributed by atoms with Crippen LogP contribution in [-0.2, 0) is 22.5 Å². The van der Waals surface area contributed by atoms with E-state index in [1.807, 2.05) is 33.8 Å². The molecule has 6 rings (SSSR count). The summed E-state index contributed by atoms with van der Waals surface area (Å²) < 4.78 is 26.7. The second kappa shape index (κ2) is 11.3. The molecule has 0 saturated carbocycles. The summed E-state index contributed by atoms with van der Waals surface area (Å²) in [6, 6.07) is 9.49. The van der Waals surface area contributed by atoms with Crippen LogP contribution >= 0.6 is 0 Å². The number of carbonyl (C=O) groups is 4. The second-order valence-electron chi connectivity index (χ2n) is 12.0. The predicted octanol–water partition coefficient (Wildman–Crippen LogP) is 3.81. The lowest BCUT2D eigenvalue weighted by molar-refractivity contribution is -0.118. The summed E-state index contributed by atoms with van der Waals surface area (Å²) in [6.07, 6.45) is 2.15. The Balaban J connectivity index is 1.21. The van der Waals surface area contributed by atoms with Crippen LogP contribution < -0.4 is 20.7 Å². The van der Waals surface area contributed by atoms with Gasteiger partial charge in [0.05, 0.1) is 23.5 Å². The van der Waals surface area contributed by atoms with Crippen LogP contribution in [0.4, 0.5) is 10.1 Å². The molecule has 1 aliphatic heterocycles. The van der Waals surface area contributed by atoms with Crippen LogP contribution in [0, 0.1) is 12.7 Å². The Labute approximate surface area is 257 Å². The van der Waals surface area contributed by atoms with E-state index in [4.69, 9.17) is 9.47 Å². The highest BCUT2D eigenvalue weighted by molar-refractivity contribution is 5.99. The van der Waals surface area contributed by atoms with Crippen LogP contribution in [0.2, 0.25) is 0 Å². The monoisotopic (exact) mass is 614 g/mol. The zero-order valence-electron chi connectivity index (χ0n) is 25.1. The topological polar surface area (TPSA) is 153 Å². The largest absolute Gasteiger partial charge is 0.482 e. The van der Waals surface area contributed by atoms with Crippen molar-refractivity contribution < 1.29 is 33.0 Å². The number of ether oxygens (including phenoxy) is 2. The Hall–Kier alpha value is -5.33. The molecule has 2 aromatic carbocycles.